The van der Waals surface area contributed by atoms with Crippen molar-refractivity contribution in [1.29, 1.82) is 0 Å². The zero-order valence-electron chi connectivity index (χ0n) is 13.3. The summed E-state index contributed by atoms with van der Waals surface area (Å²) in [6, 6.07) is 8.15. The molecule has 1 atom stereocenters. The number of guanidine groups is 1. The molecule has 2 heterocycles. The minimum atomic E-state index is 0.142. The molecular formula is C17H24N4O2. The lowest BCUT2D eigenvalue weighted by atomic mass is 10.0. The first-order valence-corrected chi connectivity index (χ1v) is 8.30. The van der Waals surface area contributed by atoms with E-state index in [0.29, 0.717) is 25.5 Å². The molecule has 1 amide bonds. The molecule has 1 saturated heterocycles. The van der Waals surface area contributed by atoms with Crippen molar-refractivity contribution in [2.75, 3.05) is 26.2 Å². The van der Waals surface area contributed by atoms with Crippen molar-refractivity contribution in [2.24, 2.45) is 10.7 Å². The third-order valence-electron chi connectivity index (χ3n) is 4.32. The lowest BCUT2D eigenvalue weighted by Gasteiger charge is -2.27. The van der Waals surface area contributed by atoms with Crippen LogP contribution in [0, 0.1) is 0 Å². The molecule has 1 unspecified atom stereocenters. The SMILES string of the molecule is NC(=NCCCN1CCCC1=O)NC1CCOc2ccccc21. The highest BCUT2D eigenvalue weighted by Gasteiger charge is 2.21. The van der Waals surface area contributed by atoms with Crippen LogP contribution in [0.25, 0.3) is 0 Å². The van der Waals surface area contributed by atoms with Crippen LogP contribution in [0.4, 0.5) is 0 Å². The van der Waals surface area contributed by atoms with E-state index < -0.39 is 0 Å². The summed E-state index contributed by atoms with van der Waals surface area (Å²) in [7, 11) is 0. The average Bonchev–Trinajstić information content (AvgIpc) is 2.97. The number of hydrogen-bond donors (Lipinski definition) is 2. The Morgan fingerprint density at radius 3 is 3.13 bits per heavy atom. The molecule has 0 radical (unpaired) electrons. The highest BCUT2D eigenvalue weighted by Crippen LogP contribution is 2.31. The van der Waals surface area contributed by atoms with Crippen LogP contribution in [0.3, 0.4) is 0 Å². The Kier molecular flexibility index (Phi) is 5.00. The van der Waals surface area contributed by atoms with Crippen molar-refractivity contribution in [1.82, 2.24) is 10.2 Å². The van der Waals surface area contributed by atoms with E-state index in [4.69, 9.17) is 10.5 Å². The van der Waals surface area contributed by atoms with Crippen molar-refractivity contribution in [3.63, 3.8) is 0 Å². The maximum absolute atomic E-state index is 11.5. The second-order valence-corrected chi connectivity index (χ2v) is 5.98. The largest absolute Gasteiger partial charge is 0.493 e. The molecule has 2 aliphatic heterocycles. The summed E-state index contributed by atoms with van der Waals surface area (Å²) < 4.78 is 5.64. The quantitative estimate of drug-likeness (QED) is 0.489. The number of ether oxygens (including phenoxy) is 1. The molecule has 3 N–H and O–H groups in total. The molecule has 0 aromatic heterocycles. The molecule has 0 spiro atoms. The first-order chi connectivity index (χ1) is 11.2. The third kappa shape index (κ3) is 3.94. The second-order valence-electron chi connectivity index (χ2n) is 5.98. The fraction of sp³-hybridized carbons (Fsp3) is 0.529. The van der Waals surface area contributed by atoms with Crippen molar-refractivity contribution in [3.05, 3.63) is 29.8 Å². The van der Waals surface area contributed by atoms with Gasteiger partial charge in [0.25, 0.3) is 0 Å². The Labute approximate surface area is 136 Å². The highest BCUT2D eigenvalue weighted by molar-refractivity contribution is 5.79. The first-order valence-electron chi connectivity index (χ1n) is 8.30. The van der Waals surface area contributed by atoms with E-state index in [2.05, 4.69) is 16.4 Å². The number of rotatable bonds is 5. The van der Waals surface area contributed by atoms with E-state index >= 15 is 0 Å². The molecule has 6 heteroatoms. The minimum absolute atomic E-state index is 0.142. The van der Waals surface area contributed by atoms with Gasteiger partial charge in [0.15, 0.2) is 5.96 Å². The van der Waals surface area contributed by atoms with Gasteiger partial charge in [0.1, 0.15) is 5.75 Å². The molecule has 1 aromatic carbocycles. The van der Waals surface area contributed by atoms with E-state index in [1.807, 2.05) is 23.1 Å². The summed E-state index contributed by atoms with van der Waals surface area (Å²) in [5.41, 5.74) is 7.13. The predicted molar refractivity (Wildman–Crippen MR) is 89.4 cm³/mol. The Bertz CT molecular complexity index is 588. The summed E-state index contributed by atoms with van der Waals surface area (Å²) in [5, 5.41) is 3.28. The number of amides is 1. The minimum Gasteiger partial charge on any atom is -0.493 e. The van der Waals surface area contributed by atoms with Crippen LogP contribution in [-0.2, 0) is 4.79 Å². The van der Waals surface area contributed by atoms with Gasteiger partial charge in [-0.3, -0.25) is 9.79 Å². The highest BCUT2D eigenvalue weighted by atomic mass is 16.5. The average molecular weight is 316 g/mol. The molecule has 23 heavy (non-hydrogen) atoms. The number of aliphatic imine (C=N–C) groups is 1. The number of para-hydroxylation sites is 1. The van der Waals surface area contributed by atoms with Gasteiger partial charge in [-0.1, -0.05) is 18.2 Å². The van der Waals surface area contributed by atoms with Gasteiger partial charge in [-0.2, -0.15) is 0 Å². The Morgan fingerprint density at radius 1 is 1.43 bits per heavy atom. The van der Waals surface area contributed by atoms with Crippen molar-refractivity contribution in [2.45, 2.75) is 31.7 Å². The number of carbonyl (C=O) groups is 1. The zero-order chi connectivity index (χ0) is 16.1. The maximum atomic E-state index is 11.5. The van der Waals surface area contributed by atoms with Crippen molar-refractivity contribution < 1.29 is 9.53 Å². The molecule has 1 aromatic rings. The summed E-state index contributed by atoms with van der Waals surface area (Å²) in [4.78, 5) is 17.8. The number of hydrogen-bond acceptors (Lipinski definition) is 3. The topological polar surface area (TPSA) is 80.0 Å². The van der Waals surface area contributed by atoms with Gasteiger partial charge in [-0.05, 0) is 18.9 Å². The fourth-order valence-electron chi connectivity index (χ4n) is 3.12. The van der Waals surface area contributed by atoms with Crippen LogP contribution in [-0.4, -0.2) is 43.0 Å². The van der Waals surface area contributed by atoms with E-state index in [1.165, 1.54) is 0 Å². The normalized spacial score (nSPS) is 21.0. The van der Waals surface area contributed by atoms with Crippen LogP contribution in [0.15, 0.2) is 29.3 Å². The summed E-state index contributed by atoms with van der Waals surface area (Å²) >= 11 is 0. The Morgan fingerprint density at radius 2 is 2.30 bits per heavy atom. The predicted octanol–water partition coefficient (Wildman–Crippen LogP) is 1.43. The van der Waals surface area contributed by atoms with Gasteiger partial charge < -0.3 is 20.7 Å². The molecule has 0 bridgehead atoms. The van der Waals surface area contributed by atoms with Crippen molar-refractivity contribution in [3.8, 4) is 5.75 Å². The summed E-state index contributed by atoms with van der Waals surface area (Å²) in [6.45, 7) is 2.97. The van der Waals surface area contributed by atoms with E-state index in [9.17, 15) is 4.79 Å². The number of fused-ring (bicyclic) bond motifs is 1. The summed E-state index contributed by atoms with van der Waals surface area (Å²) in [5.74, 6) is 1.63. The summed E-state index contributed by atoms with van der Waals surface area (Å²) in [6.07, 6.45) is 3.39. The second kappa shape index (κ2) is 7.35. The zero-order valence-corrected chi connectivity index (χ0v) is 13.3. The van der Waals surface area contributed by atoms with Crippen LogP contribution >= 0.6 is 0 Å². The number of nitrogens with one attached hydrogen (secondary N) is 1. The first kappa shape index (κ1) is 15.6. The Balaban J connectivity index is 1.47. The van der Waals surface area contributed by atoms with Crippen LogP contribution < -0.4 is 15.8 Å². The number of benzene rings is 1. The fourth-order valence-corrected chi connectivity index (χ4v) is 3.12. The van der Waals surface area contributed by atoms with Gasteiger partial charge >= 0.3 is 0 Å². The smallest absolute Gasteiger partial charge is 0.222 e. The monoisotopic (exact) mass is 316 g/mol. The molecule has 0 saturated carbocycles. The molecular weight excluding hydrogens is 292 g/mol. The van der Waals surface area contributed by atoms with Gasteiger partial charge in [0, 0.05) is 38.0 Å². The van der Waals surface area contributed by atoms with Crippen LogP contribution in [0.2, 0.25) is 0 Å². The Hall–Kier alpha value is -2.24. The lowest BCUT2D eigenvalue weighted by Crippen LogP contribution is -2.37. The number of nitrogens with zero attached hydrogens (tertiary/aromatic N) is 2. The van der Waals surface area contributed by atoms with E-state index in [1.54, 1.807) is 0 Å². The maximum Gasteiger partial charge on any atom is 0.222 e. The third-order valence-corrected chi connectivity index (χ3v) is 4.32. The number of likely N-dealkylation sites (tertiary alicyclic amines) is 1. The van der Waals surface area contributed by atoms with E-state index in [-0.39, 0.29) is 11.9 Å². The standard InChI is InChI=1S/C17H24N4O2/c18-17(19-9-4-11-21-10-3-7-16(21)22)20-14-8-12-23-15-6-2-1-5-13(14)15/h1-2,5-6,14H,3-4,7-12H2,(H3,18,19,20). The van der Waals surface area contributed by atoms with E-state index in [0.717, 1.165) is 43.7 Å². The lowest BCUT2D eigenvalue weighted by molar-refractivity contribution is -0.127. The molecule has 3 rings (SSSR count). The molecule has 1 fully saturated rings. The van der Waals surface area contributed by atoms with Crippen molar-refractivity contribution >= 4 is 11.9 Å². The number of nitrogens with two attached hydrogens (primary N) is 1. The molecule has 124 valence electrons. The van der Waals surface area contributed by atoms with Gasteiger partial charge in [0.2, 0.25) is 5.91 Å². The van der Waals surface area contributed by atoms with Crippen LogP contribution in [0.5, 0.6) is 5.75 Å². The molecule has 0 aliphatic carbocycles. The van der Waals surface area contributed by atoms with Gasteiger partial charge in [-0.15, -0.1) is 0 Å². The van der Waals surface area contributed by atoms with Gasteiger partial charge in [-0.25, -0.2) is 0 Å². The molecule has 2 aliphatic rings. The number of carbonyl (C=O) groups excluding carboxylic acids is 1. The van der Waals surface area contributed by atoms with Gasteiger partial charge in [0.05, 0.1) is 12.6 Å². The van der Waals surface area contributed by atoms with Crippen LogP contribution in [0.1, 0.15) is 37.3 Å². The molecule has 6 nitrogen and oxygen atoms in total.